The van der Waals surface area contributed by atoms with Gasteiger partial charge in [-0.15, -0.1) is 0 Å². The van der Waals surface area contributed by atoms with Crippen molar-refractivity contribution in [2.45, 2.75) is 56.9 Å². The van der Waals surface area contributed by atoms with E-state index in [0.29, 0.717) is 23.3 Å². The minimum absolute atomic E-state index is 0.0126. The van der Waals surface area contributed by atoms with Crippen LogP contribution in [0.5, 0.6) is 0 Å². The molecule has 0 unspecified atom stereocenters. The van der Waals surface area contributed by atoms with Crippen LogP contribution in [0.3, 0.4) is 0 Å². The van der Waals surface area contributed by atoms with Crippen LogP contribution in [0.4, 0.5) is 35.5 Å². The summed E-state index contributed by atoms with van der Waals surface area (Å²) in [6.07, 6.45) is -9.92. The maximum absolute atomic E-state index is 13.9. The molecule has 2 aromatic carbocycles. The molecule has 6 nitrogen and oxygen atoms in total. The van der Waals surface area contributed by atoms with Gasteiger partial charge in [-0.1, -0.05) is 6.07 Å². The van der Waals surface area contributed by atoms with Crippen molar-refractivity contribution in [3.63, 3.8) is 0 Å². The van der Waals surface area contributed by atoms with E-state index in [1.54, 1.807) is 6.92 Å². The molecule has 0 bridgehead atoms. The number of likely N-dealkylation sites (N-methyl/N-ethyl adjacent to an activating group) is 1. The van der Waals surface area contributed by atoms with Gasteiger partial charge in [0.2, 0.25) is 5.91 Å². The third-order valence-corrected chi connectivity index (χ3v) is 7.54. The number of hydrogen-bond acceptors (Lipinski definition) is 3. The summed E-state index contributed by atoms with van der Waals surface area (Å²) in [6, 6.07) is 4.09. The SMILES string of the molecule is Cc1cc(F)ccc1[C@H]1CN(C(=O)NCCO)CC[C@@H]1N(C)C(=O)C(C)(C)c1cc(C(F)(F)F)cc(C(F)(F)F)c1. The summed E-state index contributed by atoms with van der Waals surface area (Å²) in [7, 11) is 1.42. The van der Waals surface area contributed by atoms with Crippen molar-refractivity contribution in [2.75, 3.05) is 33.3 Å². The van der Waals surface area contributed by atoms with E-state index in [-0.39, 0.29) is 38.7 Å². The molecule has 13 heteroatoms. The summed E-state index contributed by atoms with van der Waals surface area (Å²) in [6.45, 7) is 4.19. The Morgan fingerprint density at radius 1 is 1.00 bits per heavy atom. The highest BCUT2D eigenvalue weighted by Gasteiger charge is 2.44. The predicted octanol–water partition coefficient (Wildman–Crippen LogP) is 5.47. The highest BCUT2D eigenvalue weighted by atomic mass is 19.4. The number of rotatable bonds is 6. The molecule has 0 saturated carbocycles. The average molecular weight is 592 g/mol. The van der Waals surface area contributed by atoms with Crippen LogP contribution in [0.1, 0.15) is 54.0 Å². The van der Waals surface area contributed by atoms with E-state index in [1.165, 1.54) is 48.9 Å². The van der Waals surface area contributed by atoms with Gasteiger partial charge >= 0.3 is 18.4 Å². The van der Waals surface area contributed by atoms with Crippen LogP contribution >= 0.6 is 0 Å². The molecule has 41 heavy (non-hydrogen) atoms. The van der Waals surface area contributed by atoms with Crippen molar-refractivity contribution in [2.24, 2.45) is 0 Å². The van der Waals surface area contributed by atoms with Gasteiger partial charge in [-0.3, -0.25) is 4.79 Å². The van der Waals surface area contributed by atoms with Gasteiger partial charge in [0.05, 0.1) is 23.1 Å². The van der Waals surface area contributed by atoms with Gasteiger partial charge < -0.3 is 20.2 Å². The maximum Gasteiger partial charge on any atom is 0.416 e. The van der Waals surface area contributed by atoms with Crippen LogP contribution in [-0.2, 0) is 22.6 Å². The zero-order chi connectivity index (χ0) is 30.9. The monoisotopic (exact) mass is 591 g/mol. The zero-order valence-corrected chi connectivity index (χ0v) is 23.0. The van der Waals surface area contributed by atoms with Crippen molar-refractivity contribution in [1.82, 2.24) is 15.1 Å². The molecule has 1 saturated heterocycles. The van der Waals surface area contributed by atoms with Gasteiger partial charge in [-0.05, 0) is 74.2 Å². The Balaban J connectivity index is 2.02. The first-order valence-corrected chi connectivity index (χ1v) is 12.8. The van der Waals surface area contributed by atoms with E-state index in [9.17, 15) is 40.3 Å². The summed E-state index contributed by atoms with van der Waals surface area (Å²) in [5.74, 6) is -1.77. The predicted molar refractivity (Wildman–Crippen MR) is 137 cm³/mol. The second kappa shape index (κ2) is 11.9. The van der Waals surface area contributed by atoms with Crippen molar-refractivity contribution >= 4 is 11.9 Å². The van der Waals surface area contributed by atoms with Crippen LogP contribution in [0, 0.1) is 12.7 Å². The normalized spacial score (nSPS) is 18.3. The highest BCUT2D eigenvalue weighted by molar-refractivity contribution is 5.88. The van der Waals surface area contributed by atoms with Gasteiger partial charge in [-0.2, -0.15) is 26.3 Å². The molecule has 0 radical (unpaired) electrons. The minimum Gasteiger partial charge on any atom is -0.395 e. The second-order valence-electron chi connectivity index (χ2n) is 10.7. The summed E-state index contributed by atoms with van der Waals surface area (Å²) >= 11 is 0. The summed E-state index contributed by atoms with van der Waals surface area (Å²) in [5.41, 5.74) is -4.11. The molecule has 2 aromatic rings. The van der Waals surface area contributed by atoms with E-state index in [4.69, 9.17) is 5.11 Å². The molecule has 1 aliphatic rings. The number of aliphatic hydroxyl groups excluding tert-OH is 1. The number of likely N-dealkylation sites (tertiary alicyclic amines) is 1. The van der Waals surface area contributed by atoms with E-state index in [1.807, 2.05) is 0 Å². The zero-order valence-electron chi connectivity index (χ0n) is 23.0. The van der Waals surface area contributed by atoms with E-state index < -0.39 is 64.2 Å². The summed E-state index contributed by atoms with van der Waals surface area (Å²) < 4.78 is 95.0. The lowest BCUT2D eigenvalue weighted by atomic mass is 9.78. The molecule has 1 heterocycles. The molecule has 3 rings (SSSR count). The van der Waals surface area contributed by atoms with Gasteiger partial charge in [0.15, 0.2) is 0 Å². The third kappa shape index (κ3) is 7.11. The van der Waals surface area contributed by atoms with Gasteiger partial charge in [0.1, 0.15) is 5.82 Å². The molecule has 1 fully saturated rings. The first-order valence-electron chi connectivity index (χ1n) is 12.8. The number of carbonyl (C=O) groups is 2. The number of nitrogens with zero attached hydrogens (tertiary/aromatic N) is 2. The van der Waals surface area contributed by atoms with E-state index in [2.05, 4.69) is 5.32 Å². The molecule has 2 N–H and O–H groups in total. The second-order valence-corrected chi connectivity index (χ2v) is 10.7. The fourth-order valence-corrected chi connectivity index (χ4v) is 5.25. The standard InChI is InChI=1S/C28H32F7N3O3/c1-16-11-20(29)5-6-21(16)22-15-38(25(41)36-8-10-39)9-7-23(22)37(4)24(40)26(2,3)17-12-18(27(30,31)32)14-19(13-17)28(33,34)35/h5-6,11-14,22-23,39H,7-10,15H2,1-4H3,(H,36,41)/t22-,23+/m1/s1. The van der Waals surface area contributed by atoms with Gasteiger partial charge in [0, 0.05) is 38.6 Å². The van der Waals surface area contributed by atoms with Crippen LogP contribution in [0.2, 0.25) is 0 Å². The number of piperidine rings is 1. The lowest BCUT2D eigenvalue weighted by molar-refractivity contribution is -0.144. The van der Waals surface area contributed by atoms with Gasteiger partial charge in [0.25, 0.3) is 0 Å². The van der Waals surface area contributed by atoms with Crippen molar-refractivity contribution in [3.8, 4) is 0 Å². The fourth-order valence-electron chi connectivity index (χ4n) is 5.25. The lowest BCUT2D eigenvalue weighted by Crippen LogP contribution is -2.56. The molecular formula is C28H32F7N3O3. The Labute approximate surface area is 233 Å². The Bertz CT molecular complexity index is 1250. The number of aliphatic hydroxyl groups is 1. The van der Waals surface area contributed by atoms with Crippen molar-refractivity contribution < 1.29 is 45.4 Å². The Kier molecular flexibility index (Phi) is 9.31. The van der Waals surface area contributed by atoms with E-state index >= 15 is 0 Å². The first kappa shape index (κ1) is 32.2. The highest BCUT2D eigenvalue weighted by Crippen LogP contribution is 2.40. The molecule has 0 aliphatic carbocycles. The summed E-state index contributed by atoms with van der Waals surface area (Å²) in [5, 5.41) is 11.6. The number of hydrogen-bond donors (Lipinski definition) is 2. The van der Waals surface area contributed by atoms with Crippen LogP contribution in [0.25, 0.3) is 0 Å². The molecular weight excluding hydrogens is 559 g/mol. The summed E-state index contributed by atoms with van der Waals surface area (Å²) in [4.78, 5) is 29.2. The van der Waals surface area contributed by atoms with Crippen LogP contribution in [-0.4, -0.2) is 66.2 Å². The molecule has 0 spiro atoms. The molecule has 226 valence electrons. The minimum atomic E-state index is -5.07. The molecule has 1 aliphatic heterocycles. The van der Waals surface area contributed by atoms with Crippen LogP contribution in [0.15, 0.2) is 36.4 Å². The number of nitrogens with one attached hydrogen (secondary N) is 1. The quantitative estimate of drug-likeness (QED) is 0.438. The molecule has 2 atom stereocenters. The molecule has 0 aromatic heterocycles. The Hall–Kier alpha value is -3.35. The average Bonchev–Trinajstić information content (AvgIpc) is 2.89. The number of halogens is 7. The number of aryl methyl sites for hydroxylation is 1. The maximum atomic E-state index is 13.9. The number of benzene rings is 2. The smallest absolute Gasteiger partial charge is 0.395 e. The molecule has 3 amide bonds. The lowest BCUT2D eigenvalue weighted by Gasteiger charge is -2.45. The third-order valence-electron chi connectivity index (χ3n) is 7.54. The van der Waals surface area contributed by atoms with Crippen molar-refractivity contribution in [3.05, 3.63) is 70.0 Å². The number of alkyl halides is 6. The number of urea groups is 1. The number of amides is 3. The van der Waals surface area contributed by atoms with Crippen molar-refractivity contribution in [1.29, 1.82) is 0 Å². The van der Waals surface area contributed by atoms with E-state index in [0.717, 1.165) is 0 Å². The number of carbonyl (C=O) groups excluding carboxylic acids is 2. The first-order chi connectivity index (χ1) is 18.9. The Morgan fingerprint density at radius 3 is 2.07 bits per heavy atom. The Morgan fingerprint density at radius 2 is 1.56 bits per heavy atom. The topological polar surface area (TPSA) is 72.9 Å². The largest absolute Gasteiger partial charge is 0.416 e. The fraction of sp³-hybridized carbons (Fsp3) is 0.500. The van der Waals surface area contributed by atoms with Gasteiger partial charge in [-0.25, -0.2) is 9.18 Å². The van der Waals surface area contributed by atoms with Crippen LogP contribution < -0.4 is 5.32 Å².